The molecule has 5 N–H and O–H groups in total. The topological polar surface area (TPSA) is 79.2 Å². The minimum absolute atomic E-state index is 0.312. The van der Waals surface area contributed by atoms with E-state index in [0.717, 1.165) is 19.6 Å². The second kappa shape index (κ2) is 9.37. The Labute approximate surface area is 77.2 Å². The molecule has 0 aromatic heterocycles. The van der Waals surface area contributed by atoms with Crippen molar-refractivity contribution in [2.45, 2.75) is 0 Å². The van der Waals surface area contributed by atoms with Crippen molar-refractivity contribution in [3.8, 4) is 0 Å². The summed E-state index contributed by atoms with van der Waals surface area (Å²) in [6.45, 7) is 3.90. The molecule has 6 heteroatoms. The van der Waals surface area contributed by atoms with Crippen LogP contribution in [0.5, 0.6) is 0 Å². The fraction of sp³-hybridized carbons (Fsp3) is 0.857. The number of nitrogens with two attached hydrogens (primary N) is 1. The third kappa shape index (κ3) is 11.3. The highest BCUT2D eigenvalue weighted by atomic mass is 19.1. The zero-order valence-corrected chi connectivity index (χ0v) is 7.61. The SMILES string of the molecule is NCCNCCNCCNC(=O)F. The van der Waals surface area contributed by atoms with Crippen molar-refractivity contribution in [1.82, 2.24) is 16.0 Å². The van der Waals surface area contributed by atoms with Crippen molar-refractivity contribution in [2.24, 2.45) is 5.73 Å². The number of nitrogens with one attached hydrogen (secondary N) is 3. The minimum Gasteiger partial charge on any atom is -0.329 e. The lowest BCUT2D eigenvalue weighted by Gasteiger charge is -2.04. The minimum atomic E-state index is -1.48. The molecule has 0 saturated carbocycles. The van der Waals surface area contributed by atoms with Gasteiger partial charge in [0.1, 0.15) is 0 Å². The zero-order valence-electron chi connectivity index (χ0n) is 7.61. The second-order valence-corrected chi connectivity index (χ2v) is 2.49. The highest BCUT2D eigenvalue weighted by Crippen LogP contribution is 1.67. The van der Waals surface area contributed by atoms with E-state index in [-0.39, 0.29) is 0 Å². The Hall–Kier alpha value is -0.720. The van der Waals surface area contributed by atoms with E-state index in [0.29, 0.717) is 19.6 Å². The predicted molar refractivity (Wildman–Crippen MR) is 49.3 cm³/mol. The van der Waals surface area contributed by atoms with Crippen LogP contribution >= 0.6 is 0 Å². The molecular weight excluding hydrogens is 175 g/mol. The van der Waals surface area contributed by atoms with Crippen LogP contribution in [-0.4, -0.2) is 45.4 Å². The number of carbonyl (C=O) groups is 1. The van der Waals surface area contributed by atoms with Crippen LogP contribution in [0, 0.1) is 0 Å². The van der Waals surface area contributed by atoms with E-state index in [4.69, 9.17) is 5.73 Å². The summed E-state index contributed by atoms with van der Waals surface area (Å²) in [6, 6.07) is 0. The molecule has 0 aromatic rings. The van der Waals surface area contributed by atoms with Crippen molar-refractivity contribution in [3.63, 3.8) is 0 Å². The maximum Gasteiger partial charge on any atom is 0.397 e. The molecule has 0 saturated heterocycles. The Balaban J connectivity index is 2.87. The summed E-state index contributed by atoms with van der Waals surface area (Å²) in [5.74, 6) is 0. The number of rotatable bonds is 8. The van der Waals surface area contributed by atoms with E-state index < -0.39 is 6.16 Å². The summed E-state index contributed by atoms with van der Waals surface area (Å²) in [6.07, 6.45) is -1.48. The van der Waals surface area contributed by atoms with Crippen molar-refractivity contribution in [1.29, 1.82) is 0 Å². The van der Waals surface area contributed by atoms with Crippen LogP contribution < -0.4 is 21.7 Å². The molecule has 0 aromatic carbocycles. The first-order valence-electron chi connectivity index (χ1n) is 4.32. The molecule has 0 unspecified atom stereocenters. The molecule has 13 heavy (non-hydrogen) atoms. The average Bonchev–Trinajstić information content (AvgIpc) is 2.09. The molecule has 0 rings (SSSR count). The van der Waals surface area contributed by atoms with Crippen LogP contribution in [0.3, 0.4) is 0 Å². The van der Waals surface area contributed by atoms with Crippen LogP contribution in [0.4, 0.5) is 9.18 Å². The molecule has 0 aliphatic carbocycles. The van der Waals surface area contributed by atoms with Gasteiger partial charge in [-0.1, -0.05) is 0 Å². The van der Waals surface area contributed by atoms with Crippen molar-refractivity contribution in [2.75, 3.05) is 39.3 Å². The van der Waals surface area contributed by atoms with Gasteiger partial charge in [0.2, 0.25) is 0 Å². The number of hydrogen-bond donors (Lipinski definition) is 4. The van der Waals surface area contributed by atoms with Crippen LogP contribution in [0.2, 0.25) is 0 Å². The van der Waals surface area contributed by atoms with Crippen LogP contribution in [0.15, 0.2) is 0 Å². The first kappa shape index (κ1) is 12.3. The van der Waals surface area contributed by atoms with Gasteiger partial charge in [-0.25, -0.2) is 4.79 Å². The van der Waals surface area contributed by atoms with Gasteiger partial charge in [-0.05, 0) is 0 Å². The maximum atomic E-state index is 11.6. The van der Waals surface area contributed by atoms with Crippen LogP contribution in [-0.2, 0) is 0 Å². The Morgan fingerprint density at radius 2 is 1.62 bits per heavy atom. The van der Waals surface area contributed by atoms with Crippen molar-refractivity contribution >= 4 is 6.16 Å². The van der Waals surface area contributed by atoms with Gasteiger partial charge in [0, 0.05) is 39.3 Å². The summed E-state index contributed by atoms with van der Waals surface area (Å²) >= 11 is 0. The van der Waals surface area contributed by atoms with Gasteiger partial charge in [0.05, 0.1) is 0 Å². The van der Waals surface area contributed by atoms with Gasteiger partial charge < -0.3 is 21.7 Å². The summed E-state index contributed by atoms with van der Waals surface area (Å²) in [5, 5.41) is 8.14. The monoisotopic (exact) mass is 192 g/mol. The Bertz CT molecular complexity index is 134. The number of amides is 1. The average molecular weight is 192 g/mol. The molecule has 0 bridgehead atoms. The van der Waals surface area contributed by atoms with Crippen LogP contribution in [0.1, 0.15) is 0 Å². The maximum absolute atomic E-state index is 11.6. The molecule has 0 radical (unpaired) electrons. The Morgan fingerprint density at radius 1 is 1.08 bits per heavy atom. The van der Waals surface area contributed by atoms with Gasteiger partial charge >= 0.3 is 6.16 Å². The second-order valence-electron chi connectivity index (χ2n) is 2.49. The van der Waals surface area contributed by atoms with Gasteiger partial charge in [0.15, 0.2) is 0 Å². The number of halogens is 1. The molecule has 78 valence electrons. The van der Waals surface area contributed by atoms with Crippen molar-refractivity contribution < 1.29 is 9.18 Å². The summed E-state index contributed by atoms with van der Waals surface area (Å²) in [4.78, 5) is 9.79. The Kier molecular flexibility index (Phi) is 8.85. The lowest BCUT2D eigenvalue weighted by molar-refractivity contribution is 0.221. The highest BCUT2D eigenvalue weighted by molar-refractivity contribution is 5.65. The molecule has 0 aliphatic heterocycles. The normalized spacial score (nSPS) is 10.0. The smallest absolute Gasteiger partial charge is 0.329 e. The number of hydrogen-bond acceptors (Lipinski definition) is 4. The summed E-state index contributed by atoms with van der Waals surface area (Å²) in [7, 11) is 0. The largest absolute Gasteiger partial charge is 0.397 e. The molecular formula is C7H17FN4O. The molecule has 1 amide bonds. The lowest BCUT2D eigenvalue weighted by atomic mass is 10.5. The van der Waals surface area contributed by atoms with E-state index in [2.05, 4.69) is 10.6 Å². The standard InChI is InChI=1S/C7H17FN4O/c8-7(13)12-6-5-11-4-3-10-2-1-9/h10-11H,1-6,9H2,(H,12,13). The summed E-state index contributed by atoms with van der Waals surface area (Å²) in [5.41, 5.74) is 5.25. The molecule has 0 atom stereocenters. The van der Waals surface area contributed by atoms with Gasteiger partial charge in [-0.3, -0.25) is 0 Å². The highest BCUT2D eigenvalue weighted by Gasteiger charge is 1.92. The summed E-state index contributed by atoms with van der Waals surface area (Å²) < 4.78 is 11.6. The van der Waals surface area contributed by atoms with Gasteiger partial charge in [-0.15, -0.1) is 4.39 Å². The zero-order chi connectivity index (χ0) is 9.94. The van der Waals surface area contributed by atoms with Crippen molar-refractivity contribution in [3.05, 3.63) is 0 Å². The van der Waals surface area contributed by atoms with Crippen LogP contribution in [0.25, 0.3) is 0 Å². The Morgan fingerprint density at radius 3 is 2.15 bits per heavy atom. The first-order valence-corrected chi connectivity index (χ1v) is 4.32. The third-order valence-electron chi connectivity index (χ3n) is 1.37. The van der Waals surface area contributed by atoms with E-state index in [1.165, 1.54) is 0 Å². The molecule has 0 spiro atoms. The third-order valence-corrected chi connectivity index (χ3v) is 1.37. The first-order chi connectivity index (χ1) is 6.27. The van der Waals surface area contributed by atoms with E-state index in [1.54, 1.807) is 0 Å². The quantitative estimate of drug-likeness (QED) is 0.221. The van der Waals surface area contributed by atoms with E-state index >= 15 is 0 Å². The van der Waals surface area contributed by atoms with E-state index in [9.17, 15) is 9.18 Å². The molecule has 0 aliphatic rings. The van der Waals surface area contributed by atoms with Gasteiger partial charge in [-0.2, -0.15) is 0 Å². The number of carbonyl (C=O) groups excluding carboxylic acids is 1. The fourth-order valence-corrected chi connectivity index (χ4v) is 0.778. The molecule has 0 fully saturated rings. The van der Waals surface area contributed by atoms with E-state index in [1.807, 2.05) is 5.32 Å². The fourth-order valence-electron chi connectivity index (χ4n) is 0.778. The molecule has 5 nitrogen and oxygen atoms in total. The predicted octanol–water partition coefficient (Wildman–Crippen LogP) is -1.20. The molecule has 0 heterocycles. The lowest BCUT2D eigenvalue weighted by Crippen LogP contribution is -2.34. The van der Waals surface area contributed by atoms with Gasteiger partial charge in [0.25, 0.3) is 0 Å².